The first-order valence-corrected chi connectivity index (χ1v) is 4.28. The lowest BCUT2D eigenvalue weighted by Gasteiger charge is -1.98. The Kier molecular flexibility index (Phi) is 2.86. The highest BCUT2D eigenvalue weighted by atomic mass is 32.2. The summed E-state index contributed by atoms with van der Waals surface area (Å²) in [4.78, 5) is 0. The molecule has 6 heteroatoms. The van der Waals surface area contributed by atoms with E-state index in [0.29, 0.717) is 20.8 Å². The predicted octanol–water partition coefficient (Wildman–Crippen LogP) is -3.01. The normalized spacial score (nSPS) is 16.3. The van der Waals surface area contributed by atoms with Crippen LogP contribution in [0.1, 0.15) is 0 Å². The topological polar surface area (TPSA) is 40.5 Å². The summed E-state index contributed by atoms with van der Waals surface area (Å²) in [6.07, 6.45) is 0. The Bertz CT molecular complexity index is 62.6. The molecule has 0 rings (SSSR count). The Labute approximate surface area is 45.1 Å². The molecule has 0 heterocycles. The first kappa shape index (κ1) is 6.50. The minimum absolute atomic E-state index is 0.698. The molecule has 0 aromatic rings. The fraction of sp³-hybridized carbons (Fsp3) is 0. The van der Waals surface area contributed by atoms with Gasteiger partial charge in [0, 0.05) is 0 Å². The van der Waals surface area contributed by atoms with Gasteiger partial charge in [0.05, 0.1) is 20.8 Å². The van der Waals surface area contributed by atoms with Gasteiger partial charge in [-0.2, -0.15) is 0 Å². The average molecular weight is 141 g/mol. The summed E-state index contributed by atoms with van der Waals surface area (Å²) in [6.45, 7) is 0. The quantitative estimate of drug-likeness (QED) is 0.312. The second-order valence-electron chi connectivity index (χ2n) is 1.04. The van der Waals surface area contributed by atoms with E-state index >= 15 is 0 Å². The van der Waals surface area contributed by atoms with Crippen molar-refractivity contribution in [1.29, 1.82) is 0 Å². The van der Waals surface area contributed by atoms with Crippen molar-refractivity contribution in [2.24, 2.45) is 0 Å². The summed E-state index contributed by atoms with van der Waals surface area (Å²) < 4.78 is 19.4. The van der Waals surface area contributed by atoms with Crippen LogP contribution in [0.4, 0.5) is 0 Å². The second kappa shape index (κ2) is 2.64. The fourth-order valence-electron chi connectivity index (χ4n) is 0. The molecule has 0 aliphatic rings. The van der Waals surface area contributed by atoms with Crippen LogP contribution in [0, 0.1) is 0 Å². The van der Waals surface area contributed by atoms with E-state index in [1.54, 1.807) is 0 Å². The van der Waals surface area contributed by atoms with Crippen LogP contribution in [0.3, 0.4) is 0 Å². The predicted molar refractivity (Wildman–Crippen MR) is 32.5 cm³/mol. The van der Waals surface area contributed by atoms with E-state index in [9.17, 15) is 4.21 Å². The van der Waals surface area contributed by atoms with E-state index in [1.165, 1.54) is 3.64 Å². The number of hydrogen-bond acceptors (Lipinski definition) is 1. The Morgan fingerprint density at radius 2 is 1.83 bits per heavy atom. The number of nitrogens with zero attached hydrogens (tertiary/aromatic N) is 1. The summed E-state index contributed by atoms with van der Waals surface area (Å²) in [5.74, 6) is 0. The minimum Gasteiger partial charge on any atom is -0.295 e. The van der Waals surface area contributed by atoms with Crippen molar-refractivity contribution in [1.82, 2.24) is 3.64 Å². The average Bonchev–Trinajstić information content (AvgIpc) is 1.36. The van der Waals surface area contributed by atoms with Crippen LogP contribution in [0.2, 0.25) is 0 Å². The van der Waals surface area contributed by atoms with E-state index in [-0.39, 0.29) is 0 Å². The number of rotatable bonds is 1. The highest BCUT2D eigenvalue weighted by molar-refractivity contribution is 7.78. The molecule has 0 aromatic carbocycles. The molecule has 0 spiro atoms. The van der Waals surface area contributed by atoms with Crippen LogP contribution in [0.5, 0.6) is 0 Å². The van der Waals surface area contributed by atoms with Gasteiger partial charge in [0.1, 0.15) is 0 Å². The van der Waals surface area contributed by atoms with Gasteiger partial charge < -0.3 is 0 Å². The molecule has 1 unspecified atom stereocenters. The van der Waals surface area contributed by atoms with Crippen molar-refractivity contribution in [2.45, 2.75) is 0 Å². The summed E-state index contributed by atoms with van der Waals surface area (Å²) >= 11 is -1.66. The van der Waals surface area contributed by atoms with E-state index in [2.05, 4.69) is 0 Å². The lowest BCUT2D eigenvalue weighted by molar-refractivity contribution is 0.546. The van der Waals surface area contributed by atoms with Crippen LogP contribution in [0.15, 0.2) is 0 Å². The number of hydrogen-bond donors (Lipinski definition) is 1. The molecule has 0 amide bonds. The summed E-state index contributed by atoms with van der Waals surface area (Å²) in [7, 11) is 1.40. The molecule has 3 nitrogen and oxygen atoms in total. The molecule has 38 valence electrons. The summed E-state index contributed by atoms with van der Waals surface area (Å²) in [6, 6.07) is 0. The van der Waals surface area contributed by atoms with Gasteiger partial charge in [-0.1, -0.05) is 0 Å². The van der Waals surface area contributed by atoms with Crippen LogP contribution in [-0.4, -0.2) is 33.2 Å². The molecule has 1 atom stereocenters. The van der Waals surface area contributed by atoms with Crippen LogP contribution in [0.25, 0.3) is 0 Å². The first-order chi connectivity index (χ1) is 2.64. The lowest BCUT2D eigenvalue weighted by atomic mass is 13.8. The van der Waals surface area contributed by atoms with Crippen molar-refractivity contribution in [3.05, 3.63) is 0 Å². The van der Waals surface area contributed by atoms with Gasteiger partial charge in [0.15, 0.2) is 0 Å². The Hall–Kier alpha value is 0.504. The highest BCUT2D eigenvalue weighted by Gasteiger charge is 1.89. The monoisotopic (exact) mass is 141 g/mol. The van der Waals surface area contributed by atoms with Crippen LogP contribution < -0.4 is 0 Å². The van der Waals surface area contributed by atoms with Crippen LogP contribution >= 0.6 is 0 Å². The molecule has 0 radical (unpaired) electrons. The largest absolute Gasteiger partial charge is 0.295 e. The maximum absolute atomic E-state index is 9.81. The molecular formula is H7NO2SSi2. The van der Waals surface area contributed by atoms with Gasteiger partial charge in [-0.3, -0.25) is 8.19 Å². The fourth-order valence-corrected chi connectivity index (χ4v) is 0. The van der Waals surface area contributed by atoms with Gasteiger partial charge in [-0.05, 0) is 0 Å². The molecule has 0 bridgehead atoms. The van der Waals surface area contributed by atoms with Crippen molar-refractivity contribution in [2.75, 3.05) is 0 Å². The van der Waals surface area contributed by atoms with Crippen molar-refractivity contribution >= 4 is 32.1 Å². The standard InChI is InChI=1S/H7NO2SSi2/c2-4(3)1(5)6/h5-6H3,(H,2,3). The highest BCUT2D eigenvalue weighted by Crippen LogP contribution is 1.70. The Balaban J connectivity index is 3.26. The van der Waals surface area contributed by atoms with Gasteiger partial charge >= 0.3 is 0 Å². The summed E-state index contributed by atoms with van der Waals surface area (Å²) in [5, 5.41) is 0. The van der Waals surface area contributed by atoms with E-state index in [1.807, 2.05) is 0 Å². The molecule has 0 saturated heterocycles. The molecule has 0 fully saturated rings. The summed E-state index contributed by atoms with van der Waals surface area (Å²) in [5.41, 5.74) is 0. The minimum atomic E-state index is -1.66. The van der Waals surface area contributed by atoms with Crippen LogP contribution in [-0.2, 0) is 11.3 Å². The molecule has 1 N–H and O–H groups in total. The zero-order valence-corrected chi connectivity index (χ0v) is 8.53. The second-order valence-corrected chi connectivity index (χ2v) is 8.00. The third kappa shape index (κ3) is 2.73. The molecule has 0 aliphatic carbocycles. The van der Waals surface area contributed by atoms with E-state index in [0.717, 1.165) is 0 Å². The lowest BCUT2D eigenvalue weighted by Crippen LogP contribution is -2.17. The maximum Gasteiger partial charge on any atom is 0.219 e. The maximum atomic E-state index is 9.81. The van der Waals surface area contributed by atoms with Crippen molar-refractivity contribution in [3.63, 3.8) is 0 Å². The third-order valence-electron chi connectivity index (χ3n) is 0.312. The first-order valence-electron chi connectivity index (χ1n) is 1.43. The van der Waals surface area contributed by atoms with E-state index < -0.39 is 11.3 Å². The Morgan fingerprint density at radius 3 is 1.83 bits per heavy atom. The SMILES string of the molecule is O=S(O)N([SiH3])[SiH3]. The van der Waals surface area contributed by atoms with Crippen molar-refractivity contribution in [3.8, 4) is 0 Å². The third-order valence-corrected chi connectivity index (χ3v) is 2.81. The zero-order chi connectivity index (χ0) is 5.15. The smallest absolute Gasteiger partial charge is 0.219 e. The van der Waals surface area contributed by atoms with Gasteiger partial charge in [0.2, 0.25) is 11.3 Å². The Morgan fingerprint density at radius 1 is 1.67 bits per heavy atom. The zero-order valence-electron chi connectivity index (χ0n) is 3.71. The van der Waals surface area contributed by atoms with Gasteiger partial charge in [-0.15, -0.1) is 0 Å². The van der Waals surface area contributed by atoms with E-state index in [4.69, 9.17) is 4.55 Å². The molecular weight excluding hydrogens is 134 g/mol. The molecule has 0 saturated carbocycles. The molecule has 6 heavy (non-hydrogen) atoms. The van der Waals surface area contributed by atoms with Crippen molar-refractivity contribution < 1.29 is 8.76 Å². The molecule has 0 aliphatic heterocycles. The van der Waals surface area contributed by atoms with Gasteiger partial charge in [0.25, 0.3) is 0 Å². The molecule has 0 aromatic heterocycles. The van der Waals surface area contributed by atoms with Gasteiger partial charge in [-0.25, -0.2) is 4.21 Å².